The van der Waals surface area contributed by atoms with Crippen LogP contribution in [-0.2, 0) is 15.3 Å². The molecular weight excluding hydrogens is 224 g/mol. The minimum absolute atomic E-state index is 0.0106. The summed E-state index contributed by atoms with van der Waals surface area (Å²) in [5.74, 6) is -0.637. The van der Waals surface area contributed by atoms with Gasteiger partial charge in [0, 0.05) is 5.56 Å². The number of ether oxygens (including phenoxy) is 2. The molecule has 0 spiro atoms. The van der Waals surface area contributed by atoms with Crippen molar-refractivity contribution in [3.8, 4) is 0 Å². The van der Waals surface area contributed by atoms with E-state index in [2.05, 4.69) is 12.1 Å². The molecule has 92 valence electrons. The van der Waals surface area contributed by atoms with Crippen molar-refractivity contribution < 1.29 is 9.47 Å². The van der Waals surface area contributed by atoms with Crippen molar-refractivity contribution in [1.29, 1.82) is 0 Å². The fraction of sp³-hybridized carbons (Fsp3) is 0.250. The van der Waals surface area contributed by atoms with Crippen LogP contribution in [0.25, 0.3) is 0 Å². The molecule has 0 saturated carbocycles. The molecule has 0 amide bonds. The van der Waals surface area contributed by atoms with Crippen molar-refractivity contribution in [2.24, 2.45) is 0 Å². The third-order valence-corrected chi connectivity index (χ3v) is 3.35. The van der Waals surface area contributed by atoms with Gasteiger partial charge in [-0.05, 0) is 12.5 Å². The molecule has 0 unspecified atom stereocenters. The van der Waals surface area contributed by atoms with Gasteiger partial charge in [-0.25, -0.2) is 0 Å². The molecule has 2 aromatic rings. The summed E-state index contributed by atoms with van der Waals surface area (Å²) in [7, 11) is 0. The Bertz CT molecular complexity index is 509. The highest BCUT2D eigenvalue weighted by Gasteiger charge is 2.39. The summed E-state index contributed by atoms with van der Waals surface area (Å²) >= 11 is 0. The van der Waals surface area contributed by atoms with Crippen molar-refractivity contribution in [1.82, 2.24) is 0 Å². The standard InChI is InChI=1S/C16H16O2/c1-16(14-10-6-3-7-11-14)17-12-15(18-16)13-8-4-2-5-9-13/h2-11,15H,12H2,1H3/t15-,16+/m0/s1. The normalized spacial score (nSPS) is 27.3. The fourth-order valence-electron chi connectivity index (χ4n) is 2.30. The first-order chi connectivity index (χ1) is 8.78. The van der Waals surface area contributed by atoms with Gasteiger partial charge in [-0.2, -0.15) is 0 Å². The number of hydrogen-bond acceptors (Lipinski definition) is 2. The van der Waals surface area contributed by atoms with Gasteiger partial charge in [0.1, 0.15) is 6.10 Å². The maximum absolute atomic E-state index is 6.10. The Morgan fingerprint density at radius 2 is 1.56 bits per heavy atom. The van der Waals surface area contributed by atoms with Crippen LogP contribution in [-0.4, -0.2) is 6.61 Å². The molecule has 18 heavy (non-hydrogen) atoms. The summed E-state index contributed by atoms with van der Waals surface area (Å²) in [5, 5.41) is 0. The zero-order valence-electron chi connectivity index (χ0n) is 10.4. The highest BCUT2D eigenvalue weighted by Crippen LogP contribution is 2.39. The second-order valence-electron chi connectivity index (χ2n) is 4.64. The minimum Gasteiger partial charge on any atom is -0.343 e. The average Bonchev–Trinajstić information content (AvgIpc) is 2.85. The van der Waals surface area contributed by atoms with E-state index in [0.29, 0.717) is 6.61 Å². The van der Waals surface area contributed by atoms with Gasteiger partial charge in [0.25, 0.3) is 0 Å². The van der Waals surface area contributed by atoms with Crippen LogP contribution < -0.4 is 0 Å². The SMILES string of the molecule is C[C@@]1(c2ccccc2)OC[C@@H](c2ccccc2)O1. The molecule has 1 fully saturated rings. The lowest BCUT2D eigenvalue weighted by molar-refractivity contribution is -0.162. The van der Waals surface area contributed by atoms with Gasteiger partial charge < -0.3 is 9.47 Å². The largest absolute Gasteiger partial charge is 0.343 e. The maximum Gasteiger partial charge on any atom is 0.192 e. The van der Waals surface area contributed by atoms with Crippen LogP contribution in [0.3, 0.4) is 0 Å². The average molecular weight is 240 g/mol. The van der Waals surface area contributed by atoms with E-state index in [1.54, 1.807) is 0 Å². The van der Waals surface area contributed by atoms with Crippen LogP contribution >= 0.6 is 0 Å². The monoisotopic (exact) mass is 240 g/mol. The summed E-state index contributed by atoms with van der Waals surface area (Å²) in [6.45, 7) is 2.57. The molecule has 1 saturated heterocycles. The van der Waals surface area contributed by atoms with Crippen molar-refractivity contribution in [3.05, 3.63) is 71.8 Å². The van der Waals surface area contributed by atoms with E-state index in [-0.39, 0.29) is 6.10 Å². The van der Waals surface area contributed by atoms with E-state index in [1.807, 2.05) is 55.5 Å². The molecule has 2 atom stereocenters. The van der Waals surface area contributed by atoms with Gasteiger partial charge in [0.05, 0.1) is 6.61 Å². The van der Waals surface area contributed by atoms with Crippen molar-refractivity contribution >= 4 is 0 Å². The van der Waals surface area contributed by atoms with Crippen LogP contribution in [0, 0.1) is 0 Å². The molecule has 2 nitrogen and oxygen atoms in total. The molecule has 3 rings (SSSR count). The molecule has 0 radical (unpaired) electrons. The molecule has 1 aliphatic heterocycles. The summed E-state index contributed by atoms with van der Waals surface area (Å²) in [5.41, 5.74) is 2.22. The van der Waals surface area contributed by atoms with E-state index in [9.17, 15) is 0 Å². The summed E-state index contributed by atoms with van der Waals surface area (Å²) in [6.07, 6.45) is 0.0106. The predicted octanol–water partition coefficient (Wildman–Crippen LogP) is 3.65. The van der Waals surface area contributed by atoms with Crippen molar-refractivity contribution in [3.63, 3.8) is 0 Å². The molecule has 0 aliphatic carbocycles. The van der Waals surface area contributed by atoms with Crippen LogP contribution in [0.2, 0.25) is 0 Å². The van der Waals surface area contributed by atoms with Crippen LogP contribution in [0.5, 0.6) is 0 Å². The smallest absolute Gasteiger partial charge is 0.192 e. The van der Waals surface area contributed by atoms with Gasteiger partial charge in [-0.3, -0.25) is 0 Å². The minimum atomic E-state index is -0.637. The van der Waals surface area contributed by atoms with E-state index >= 15 is 0 Å². The Balaban J connectivity index is 1.83. The molecule has 2 aromatic carbocycles. The third-order valence-electron chi connectivity index (χ3n) is 3.35. The van der Waals surface area contributed by atoms with Crippen molar-refractivity contribution in [2.75, 3.05) is 6.61 Å². The maximum atomic E-state index is 6.10. The van der Waals surface area contributed by atoms with E-state index in [1.165, 1.54) is 0 Å². The zero-order valence-corrected chi connectivity index (χ0v) is 10.4. The molecule has 1 heterocycles. The number of rotatable bonds is 2. The molecule has 0 bridgehead atoms. The number of benzene rings is 2. The summed E-state index contributed by atoms with van der Waals surface area (Å²) < 4.78 is 12.0. The molecule has 0 aromatic heterocycles. The molecular formula is C16H16O2. The quantitative estimate of drug-likeness (QED) is 0.797. The van der Waals surface area contributed by atoms with Gasteiger partial charge in [-0.15, -0.1) is 0 Å². The molecule has 1 aliphatic rings. The lowest BCUT2D eigenvalue weighted by Crippen LogP contribution is -2.22. The zero-order chi connectivity index (χ0) is 12.4. The lowest BCUT2D eigenvalue weighted by Gasteiger charge is -2.23. The van der Waals surface area contributed by atoms with Gasteiger partial charge in [-0.1, -0.05) is 60.7 Å². The second-order valence-corrected chi connectivity index (χ2v) is 4.64. The Hall–Kier alpha value is -1.64. The van der Waals surface area contributed by atoms with Gasteiger partial charge >= 0.3 is 0 Å². The van der Waals surface area contributed by atoms with Gasteiger partial charge in [0.15, 0.2) is 5.79 Å². The van der Waals surface area contributed by atoms with Crippen LogP contribution in [0.1, 0.15) is 24.2 Å². The third kappa shape index (κ3) is 2.05. The first-order valence-electron chi connectivity index (χ1n) is 6.20. The fourth-order valence-corrected chi connectivity index (χ4v) is 2.30. The Kier molecular flexibility index (Phi) is 2.90. The Morgan fingerprint density at radius 1 is 0.944 bits per heavy atom. The Morgan fingerprint density at radius 3 is 2.22 bits per heavy atom. The topological polar surface area (TPSA) is 18.5 Å². The molecule has 2 heteroatoms. The predicted molar refractivity (Wildman–Crippen MR) is 70.0 cm³/mol. The first kappa shape index (κ1) is 11.5. The number of hydrogen-bond donors (Lipinski definition) is 0. The van der Waals surface area contributed by atoms with Gasteiger partial charge in [0.2, 0.25) is 0 Å². The molecule has 0 N–H and O–H groups in total. The summed E-state index contributed by atoms with van der Waals surface area (Å²) in [6, 6.07) is 20.3. The van der Waals surface area contributed by atoms with Crippen molar-refractivity contribution in [2.45, 2.75) is 18.8 Å². The first-order valence-corrected chi connectivity index (χ1v) is 6.20. The van der Waals surface area contributed by atoms with E-state index < -0.39 is 5.79 Å². The van der Waals surface area contributed by atoms with Crippen LogP contribution in [0.4, 0.5) is 0 Å². The second kappa shape index (κ2) is 4.56. The highest BCUT2D eigenvalue weighted by atomic mass is 16.7. The summed E-state index contributed by atoms with van der Waals surface area (Å²) in [4.78, 5) is 0. The Labute approximate surface area is 107 Å². The van der Waals surface area contributed by atoms with Crippen LogP contribution in [0.15, 0.2) is 60.7 Å². The van der Waals surface area contributed by atoms with E-state index in [4.69, 9.17) is 9.47 Å². The lowest BCUT2D eigenvalue weighted by atomic mass is 10.1. The highest BCUT2D eigenvalue weighted by molar-refractivity contribution is 5.23. The van der Waals surface area contributed by atoms with E-state index in [0.717, 1.165) is 11.1 Å².